The molecule has 1 aromatic carbocycles. The van der Waals surface area contributed by atoms with Crippen molar-refractivity contribution in [3.05, 3.63) is 65.5 Å². The molecule has 0 amide bonds. The first-order chi connectivity index (χ1) is 9.34. The molecular formula is C17H19NO. The number of nitrogens with zero attached hydrogens (tertiary/aromatic N) is 1. The zero-order valence-corrected chi connectivity index (χ0v) is 11.0. The summed E-state index contributed by atoms with van der Waals surface area (Å²) in [6, 6.07) is 14.5. The lowest BCUT2D eigenvalue weighted by molar-refractivity contribution is 0.122. The van der Waals surface area contributed by atoms with Crippen LogP contribution in [0.25, 0.3) is 0 Å². The maximum absolute atomic E-state index is 10.3. The fraction of sp³-hybridized carbons (Fsp3) is 0.353. The minimum Gasteiger partial charge on any atom is -0.392 e. The maximum Gasteiger partial charge on any atom is 0.0612 e. The summed E-state index contributed by atoms with van der Waals surface area (Å²) >= 11 is 0. The highest BCUT2D eigenvalue weighted by Crippen LogP contribution is 2.34. The van der Waals surface area contributed by atoms with Gasteiger partial charge in [0.1, 0.15) is 0 Å². The van der Waals surface area contributed by atoms with Gasteiger partial charge in [0.2, 0.25) is 0 Å². The lowest BCUT2D eigenvalue weighted by Gasteiger charge is -2.30. The molecule has 19 heavy (non-hydrogen) atoms. The molecule has 3 rings (SSSR count). The molecule has 98 valence electrons. The largest absolute Gasteiger partial charge is 0.392 e. The molecule has 0 spiro atoms. The Kier molecular flexibility index (Phi) is 3.60. The van der Waals surface area contributed by atoms with Gasteiger partial charge >= 0.3 is 0 Å². The number of aromatic nitrogens is 1. The van der Waals surface area contributed by atoms with Gasteiger partial charge < -0.3 is 5.11 Å². The van der Waals surface area contributed by atoms with E-state index in [0.29, 0.717) is 0 Å². The van der Waals surface area contributed by atoms with Gasteiger partial charge in [0.25, 0.3) is 0 Å². The number of rotatable bonds is 3. The van der Waals surface area contributed by atoms with Crippen LogP contribution in [0, 0.1) is 0 Å². The number of aliphatic hydroxyl groups is 1. The van der Waals surface area contributed by atoms with E-state index in [1.807, 2.05) is 18.3 Å². The molecule has 1 N–H and O–H groups in total. The summed E-state index contributed by atoms with van der Waals surface area (Å²) in [6.07, 6.45) is 5.40. The molecule has 0 radical (unpaired) electrons. The predicted molar refractivity (Wildman–Crippen MR) is 76.1 cm³/mol. The summed E-state index contributed by atoms with van der Waals surface area (Å²) in [6.45, 7) is 0. The topological polar surface area (TPSA) is 33.1 Å². The quantitative estimate of drug-likeness (QED) is 0.911. The summed E-state index contributed by atoms with van der Waals surface area (Å²) < 4.78 is 0. The summed E-state index contributed by atoms with van der Waals surface area (Å²) in [5.74, 6) is 0.256. The number of benzene rings is 1. The van der Waals surface area contributed by atoms with Gasteiger partial charge in [-0.15, -0.1) is 0 Å². The SMILES string of the molecule is OC1CCc2ccccc2C1CCc1ccccn1. The van der Waals surface area contributed by atoms with Crippen molar-refractivity contribution >= 4 is 0 Å². The molecule has 1 aromatic heterocycles. The first-order valence-corrected chi connectivity index (χ1v) is 7.00. The monoisotopic (exact) mass is 253 g/mol. The van der Waals surface area contributed by atoms with E-state index in [4.69, 9.17) is 0 Å². The molecule has 2 aromatic rings. The van der Waals surface area contributed by atoms with E-state index < -0.39 is 0 Å². The van der Waals surface area contributed by atoms with Crippen molar-refractivity contribution in [2.24, 2.45) is 0 Å². The first-order valence-electron chi connectivity index (χ1n) is 7.00. The standard InChI is InChI=1S/C17H19NO/c19-17-11-8-13-5-1-2-7-15(13)16(17)10-9-14-6-3-4-12-18-14/h1-7,12,16-17,19H,8-11H2. The van der Waals surface area contributed by atoms with E-state index in [-0.39, 0.29) is 12.0 Å². The van der Waals surface area contributed by atoms with Gasteiger partial charge in [-0.3, -0.25) is 4.98 Å². The number of hydrogen-bond acceptors (Lipinski definition) is 2. The first kappa shape index (κ1) is 12.4. The van der Waals surface area contributed by atoms with E-state index in [1.165, 1.54) is 11.1 Å². The Hall–Kier alpha value is -1.67. The van der Waals surface area contributed by atoms with Crippen LogP contribution in [0.2, 0.25) is 0 Å². The van der Waals surface area contributed by atoms with Crippen LogP contribution in [0.5, 0.6) is 0 Å². The van der Waals surface area contributed by atoms with Crippen LogP contribution < -0.4 is 0 Å². The number of hydrogen-bond donors (Lipinski definition) is 1. The second kappa shape index (κ2) is 5.54. The number of pyridine rings is 1. The lowest BCUT2D eigenvalue weighted by atomic mass is 9.78. The second-order valence-corrected chi connectivity index (χ2v) is 5.27. The van der Waals surface area contributed by atoms with Crippen LogP contribution >= 0.6 is 0 Å². The van der Waals surface area contributed by atoms with Gasteiger partial charge in [0, 0.05) is 17.8 Å². The molecule has 2 unspecified atom stereocenters. The maximum atomic E-state index is 10.3. The Morgan fingerprint density at radius 1 is 1.11 bits per heavy atom. The molecule has 2 heteroatoms. The van der Waals surface area contributed by atoms with Crippen LogP contribution in [0.15, 0.2) is 48.7 Å². The Morgan fingerprint density at radius 2 is 1.95 bits per heavy atom. The fourth-order valence-corrected chi connectivity index (χ4v) is 3.03. The van der Waals surface area contributed by atoms with Crippen molar-refractivity contribution < 1.29 is 5.11 Å². The van der Waals surface area contributed by atoms with Gasteiger partial charge in [0.15, 0.2) is 0 Å². The summed E-state index contributed by atoms with van der Waals surface area (Å²) in [7, 11) is 0. The van der Waals surface area contributed by atoms with Crippen molar-refractivity contribution in [2.45, 2.75) is 37.7 Å². The fourth-order valence-electron chi connectivity index (χ4n) is 3.03. The highest BCUT2D eigenvalue weighted by molar-refractivity contribution is 5.34. The van der Waals surface area contributed by atoms with E-state index in [9.17, 15) is 5.11 Å². The number of aliphatic hydroxyl groups excluding tert-OH is 1. The average molecular weight is 253 g/mol. The Balaban J connectivity index is 1.77. The van der Waals surface area contributed by atoms with Crippen LogP contribution in [0.3, 0.4) is 0 Å². The molecular weight excluding hydrogens is 234 g/mol. The van der Waals surface area contributed by atoms with Crippen LogP contribution in [0.1, 0.15) is 35.6 Å². The van der Waals surface area contributed by atoms with Crippen LogP contribution in [-0.4, -0.2) is 16.2 Å². The smallest absolute Gasteiger partial charge is 0.0612 e. The molecule has 0 bridgehead atoms. The minimum atomic E-state index is -0.210. The summed E-state index contributed by atoms with van der Waals surface area (Å²) in [5, 5.41) is 10.3. The van der Waals surface area contributed by atoms with E-state index in [1.54, 1.807) is 0 Å². The zero-order chi connectivity index (χ0) is 13.1. The van der Waals surface area contributed by atoms with Crippen molar-refractivity contribution in [1.29, 1.82) is 0 Å². The Morgan fingerprint density at radius 3 is 2.79 bits per heavy atom. The zero-order valence-electron chi connectivity index (χ0n) is 11.0. The van der Waals surface area contributed by atoms with Gasteiger partial charge in [0.05, 0.1) is 6.10 Å². The Bertz CT molecular complexity index is 538. The van der Waals surface area contributed by atoms with E-state index in [0.717, 1.165) is 31.4 Å². The van der Waals surface area contributed by atoms with Crippen molar-refractivity contribution in [3.8, 4) is 0 Å². The molecule has 0 saturated carbocycles. The highest BCUT2D eigenvalue weighted by atomic mass is 16.3. The van der Waals surface area contributed by atoms with Gasteiger partial charge in [-0.2, -0.15) is 0 Å². The normalized spacial score (nSPS) is 21.9. The molecule has 1 heterocycles. The highest BCUT2D eigenvalue weighted by Gasteiger charge is 2.27. The average Bonchev–Trinajstić information content (AvgIpc) is 2.47. The third kappa shape index (κ3) is 2.69. The van der Waals surface area contributed by atoms with Crippen LogP contribution in [0.4, 0.5) is 0 Å². The van der Waals surface area contributed by atoms with Gasteiger partial charge in [-0.25, -0.2) is 0 Å². The van der Waals surface area contributed by atoms with E-state index >= 15 is 0 Å². The molecule has 1 aliphatic rings. The third-order valence-corrected chi connectivity index (χ3v) is 4.07. The van der Waals surface area contributed by atoms with Crippen molar-refractivity contribution in [1.82, 2.24) is 4.98 Å². The van der Waals surface area contributed by atoms with Crippen molar-refractivity contribution in [2.75, 3.05) is 0 Å². The predicted octanol–water partition coefficient (Wildman–Crippen LogP) is 3.11. The minimum absolute atomic E-state index is 0.210. The number of fused-ring (bicyclic) bond motifs is 1. The molecule has 2 atom stereocenters. The van der Waals surface area contributed by atoms with Gasteiger partial charge in [-0.1, -0.05) is 30.3 Å². The van der Waals surface area contributed by atoms with E-state index in [2.05, 4.69) is 35.3 Å². The summed E-state index contributed by atoms with van der Waals surface area (Å²) in [4.78, 5) is 4.36. The molecule has 0 fully saturated rings. The number of aryl methyl sites for hydroxylation is 2. The second-order valence-electron chi connectivity index (χ2n) is 5.27. The van der Waals surface area contributed by atoms with Crippen molar-refractivity contribution in [3.63, 3.8) is 0 Å². The van der Waals surface area contributed by atoms with Gasteiger partial charge in [-0.05, 0) is 48.9 Å². The molecule has 2 nitrogen and oxygen atoms in total. The molecule has 0 saturated heterocycles. The Labute approximate surface area is 114 Å². The summed E-state index contributed by atoms with van der Waals surface area (Å²) in [5.41, 5.74) is 3.84. The lowest BCUT2D eigenvalue weighted by Crippen LogP contribution is -2.25. The third-order valence-electron chi connectivity index (χ3n) is 4.07. The van der Waals surface area contributed by atoms with Crippen LogP contribution in [-0.2, 0) is 12.8 Å². The molecule has 0 aliphatic heterocycles. The molecule has 1 aliphatic carbocycles.